The van der Waals surface area contributed by atoms with Gasteiger partial charge >= 0.3 is 0 Å². The smallest absolute Gasteiger partial charge is 0.237 e. The van der Waals surface area contributed by atoms with Gasteiger partial charge in [0.15, 0.2) is 0 Å². The van der Waals surface area contributed by atoms with Crippen molar-refractivity contribution >= 4 is 5.91 Å². The number of hydrogen-bond acceptors (Lipinski definition) is 3. The fourth-order valence-electron chi connectivity index (χ4n) is 2.31. The maximum atomic E-state index is 11.6. The highest BCUT2D eigenvalue weighted by Gasteiger charge is 2.34. The van der Waals surface area contributed by atoms with Gasteiger partial charge in [0.25, 0.3) is 0 Å². The standard InChI is InChI=1S/C11H20N2O2/c1-8(2)10-7-13(5-6-15-10)9-3-4-12-11(9)14/h8-10H,3-7H2,1-2H3,(H,12,14). The third-order valence-electron chi connectivity index (χ3n) is 3.33. The zero-order chi connectivity index (χ0) is 10.8. The average Bonchev–Trinajstić information content (AvgIpc) is 2.64. The van der Waals surface area contributed by atoms with Crippen molar-refractivity contribution < 1.29 is 9.53 Å². The van der Waals surface area contributed by atoms with Gasteiger partial charge in [-0.15, -0.1) is 0 Å². The van der Waals surface area contributed by atoms with E-state index in [1.165, 1.54) is 0 Å². The highest BCUT2D eigenvalue weighted by Crippen LogP contribution is 2.18. The van der Waals surface area contributed by atoms with Crippen LogP contribution < -0.4 is 5.32 Å². The molecular formula is C11H20N2O2. The van der Waals surface area contributed by atoms with Crippen LogP contribution in [0.5, 0.6) is 0 Å². The third kappa shape index (κ3) is 2.32. The molecule has 4 nitrogen and oxygen atoms in total. The van der Waals surface area contributed by atoms with E-state index >= 15 is 0 Å². The molecule has 2 fully saturated rings. The molecule has 0 aromatic heterocycles. The minimum Gasteiger partial charge on any atom is -0.375 e. The Balaban J connectivity index is 1.94. The van der Waals surface area contributed by atoms with Gasteiger partial charge in [0.2, 0.25) is 5.91 Å². The van der Waals surface area contributed by atoms with Crippen LogP contribution in [0, 0.1) is 5.92 Å². The van der Waals surface area contributed by atoms with E-state index in [4.69, 9.17) is 4.74 Å². The minimum atomic E-state index is 0.0927. The molecule has 0 aromatic rings. The fourth-order valence-corrected chi connectivity index (χ4v) is 2.31. The highest BCUT2D eigenvalue weighted by molar-refractivity contribution is 5.83. The van der Waals surface area contributed by atoms with Gasteiger partial charge in [-0.05, 0) is 12.3 Å². The van der Waals surface area contributed by atoms with E-state index in [0.29, 0.717) is 5.92 Å². The lowest BCUT2D eigenvalue weighted by Crippen LogP contribution is -2.51. The van der Waals surface area contributed by atoms with Crippen LogP contribution in [0.15, 0.2) is 0 Å². The van der Waals surface area contributed by atoms with E-state index in [1.807, 2.05) is 0 Å². The van der Waals surface area contributed by atoms with Gasteiger partial charge in [0, 0.05) is 19.6 Å². The Morgan fingerprint density at radius 2 is 2.33 bits per heavy atom. The molecule has 0 radical (unpaired) electrons. The SMILES string of the molecule is CC(C)C1CN(C2CCNC2=O)CCO1. The summed E-state index contributed by atoms with van der Waals surface area (Å²) in [6.45, 7) is 7.71. The second kappa shape index (κ2) is 4.49. The normalized spacial score (nSPS) is 33.4. The number of nitrogens with zero attached hydrogens (tertiary/aromatic N) is 1. The summed E-state index contributed by atoms with van der Waals surface area (Å²) in [4.78, 5) is 13.8. The third-order valence-corrected chi connectivity index (χ3v) is 3.33. The number of hydrogen-bond donors (Lipinski definition) is 1. The molecule has 1 N–H and O–H groups in total. The quantitative estimate of drug-likeness (QED) is 0.712. The monoisotopic (exact) mass is 212 g/mol. The van der Waals surface area contributed by atoms with Gasteiger partial charge in [-0.2, -0.15) is 0 Å². The zero-order valence-electron chi connectivity index (χ0n) is 9.53. The van der Waals surface area contributed by atoms with Gasteiger partial charge in [0.05, 0.1) is 18.8 Å². The first kappa shape index (κ1) is 10.9. The second-order valence-corrected chi connectivity index (χ2v) is 4.74. The Hall–Kier alpha value is -0.610. The lowest BCUT2D eigenvalue weighted by molar-refractivity contribution is -0.127. The van der Waals surface area contributed by atoms with Gasteiger partial charge in [-0.1, -0.05) is 13.8 Å². The molecule has 0 aromatic carbocycles. The highest BCUT2D eigenvalue weighted by atomic mass is 16.5. The van der Waals surface area contributed by atoms with Crippen LogP contribution in [0.1, 0.15) is 20.3 Å². The summed E-state index contributed by atoms with van der Waals surface area (Å²) < 4.78 is 5.69. The number of rotatable bonds is 2. The summed E-state index contributed by atoms with van der Waals surface area (Å²) >= 11 is 0. The molecule has 2 aliphatic rings. The van der Waals surface area contributed by atoms with E-state index in [2.05, 4.69) is 24.1 Å². The predicted molar refractivity (Wildman–Crippen MR) is 57.6 cm³/mol. The number of morpholine rings is 1. The second-order valence-electron chi connectivity index (χ2n) is 4.74. The van der Waals surface area contributed by atoms with Crippen molar-refractivity contribution in [2.45, 2.75) is 32.4 Å². The van der Waals surface area contributed by atoms with Crippen LogP contribution in [0.3, 0.4) is 0 Å². The average molecular weight is 212 g/mol. The summed E-state index contributed by atoms with van der Waals surface area (Å²) in [7, 11) is 0. The summed E-state index contributed by atoms with van der Waals surface area (Å²) in [5.41, 5.74) is 0. The van der Waals surface area contributed by atoms with E-state index in [0.717, 1.165) is 32.7 Å². The van der Waals surface area contributed by atoms with Crippen molar-refractivity contribution in [1.82, 2.24) is 10.2 Å². The zero-order valence-corrected chi connectivity index (χ0v) is 9.53. The molecule has 1 amide bonds. The number of carbonyl (C=O) groups is 1. The van der Waals surface area contributed by atoms with E-state index < -0.39 is 0 Å². The molecule has 15 heavy (non-hydrogen) atoms. The fraction of sp³-hybridized carbons (Fsp3) is 0.909. The molecule has 0 saturated carbocycles. The van der Waals surface area contributed by atoms with Gasteiger partial charge in [-0.3, -0.25) is 9.69 Å². The van der Waals surface area contributed by atoms with Crippen molar-refractivity contribution in [3.8, 4) is 0 Å². The molecule has 4 heteroatoms. The Morgan fingerprint density at radius 1 is 1.53 bits per heavy atom. The summed E-state index contributed by atoms with van der Waals surface area (Å²) in [5.74, 6) is 0.719. The number of ether oxygens (including phenoxy) is 1. The van der Waals surface area contributed by atoms with Gasteiger partial charge in [-0.25, -0.2) is 0 Å². The first-order chi connectivity index (χ1) is 7.18. The van der Waals surface area contributed by atoms with Gasteiger partial charge < -0.3 is 10.1 Å². The van der Waals surface area contributed by atoms with Crippen molar-refractivity contribution in [3.05, 3.63) is 0 Å². The van der Waals surface area contributed by atoms with Crippen molar-refractivity contribution in [2.24, 2.45) is 5.92 Å². The molecule has 86 valence electrons. The Morgan fingerprint density at radius 3 is 2.93 bits per heavy atom. The van der Waals surface area contributed by atoms with Crippen molar-refractivity contribution in [3.63, 3.8) is 0 Å². The van der Waals surface area contributed by atoms with Crippen LogP contribution in [0.4, 0.5) is 0 Å². The van der Waals surface area contributed by atoms with Crippen LogP contribution in [0.25, 0.3) is 0 Å². The predicted octanol–water partition coefficient (Wildman–Crippen LogP) is 0.232. The summed E-state index contributed by atoms with van der Waals surface area (Å²) in [6, 6.07) is 0.0927. The number of carbonyl (C=O) groups excluding carboxylic acids is 1. The maximum absolute atomic E-state index is 11.6. The van der Waals surface area contributed by atoms with E-state index in [-0.39, 0.29) is 18.1 Å². The van der Waals surface area contributed by atoms with E-state index in [1.54, 1.807) is 0 Å². The van der Waals surface area contributed by atoms with Crippen LogP contribution in [-0.2, 0) is 9.53 Å². The Bertz CT molecular complexity index is 243. The first-order valence-corrected chi connectivity index (χ1v) is 5.82. The van der Waals surface area contributed by atoms with E-state index in [9.17, 15) is 4.79 Å². The molecule has 2 saturated heterocycles. The Labute approximate surface area is 91.0 Å². The van der Waals surface area contributed by atoms with Crippen LogP contribution in [-0.4, -0.2) is 49.2 Å². The lowest BCUT2D eigenvalue weighted by Gasteiger charge is -2.37. The largest absolute Gasteiger partial charge is 0.375 e. The number of amides is 1. The summed E-state index contributed by atoms with van der Waals surface area (Å²) in [6.07, 6.45) is 1.23. The maximum Gasteiger partial charge on any atom is 0.237 e. The first-order valence-electron chi connectivity index (χ1n) is 5.82. The Kier molecular flexibility index (Phi) is 3.26. The van der Waals surface area contributed by atoms with Crippen LogP contribution >= 0.6 is 0 Å². The van der Waals surface area contributed by atoms with Crippen molar-refractivity contribution in [1.29, 1.82) is 0 Å². The minimum absolute atomic E-state index is 0.0927. The summed E-state index contributed by atoms with van der Waals surface area (Å²) in [5, 5.41) is 2.89. The molecule has 2 aliphatic heterocycles. The van der Waals surface area contributed by atoms with Crippen molar-refractivity contribution in [2.75, 3.05) is 26.2 Å². The van der Waals surface area contributed by atoms with Gasteiger partial charge in [0.1, 0.15) is 0 Å². The molecule has 2 rings (SSSR count). The lowest BCUT2D eigenvalue weighted by atomic mass is 10.0. The molecule has 0 aliphatic carbocycles. The molecular weight excluding hydrogens is 192 g/mol. The molecule has 2 unspecified atom stereocenters. The topological polar surface area (TPSA) is 41.6 Å². The van der Waals surface area contributed by atoms with Crippen LogP contribution in [0.2, 0.25) is 0 Å². The molecule has 2 atom stereocenters. The molecule has 0 bridgehead atoms. The molecule has 2 heterocycles. The molecule has 0 spiro atoms. The number of nitrogens with one attached hydrogen (secondary N) is 1.